The number of hydrazine groups is 1. The minimum absolute atomic E-state index is 0.400. The lowest BCUT2D eigenvalue weighted by Gasteiger charge is -2.09. The fourth-order valence-corrected chi connectivity index (χ4v) is 1.01. The van der Waals surface area contributed by atoms with Crippen LogP contribution in [0, 0.1) is 0 Å². The zero-order chi connectivity index (χ0) is 7.40. The molecule has 0 aromatic carbocycles. The maximum absolute atomic E-state index is 10.4. The molecule has 0 bridgehead atoms. The largest absolute Gasteiger partial charge is 0.480 e. The summed E-state index contributed by atoms with van der Waals surface area (Å²) in [5.41, 5.74) is 5.58. The smallest absolute Gasteiger partial charge is 0.322 e. The molecule has 0 aromatic heterocycles. The Hall–Kier alpha value is -0.610. The molecule has 4 heteroatoms. The van der Waals surface area contributed by atoms with Crippen molar-refractivity contribution >= 4 is 5.97 Å². The molecule has 0 amide bonds. The van der Waals surface area contributed by atoms with E-state index in [0.717, 1.165) is 25.8 Å². The Morgan fingerprint density at radius 2 is 2.30 bits per heavy atom. The Labute approximate surface area is 59.6 Å². The van der Waals surface area contributed by atoms with Crippen LogP contribution in [0.2, 0.25) is 0 Å². The van der Waals surface area contributed by atoms with Gasteiger partial charge in [0.2, 0.25) is 0 Å². The van der Waals surface area contributed by atoms with Crippen LogP contribution in [0.15, 0.2) is 0 Å². The van der Waals surface area contributed by atoms with Crippen molar-refractivity contribution < 1.29 is 9.90 Å². The molecule has 1 atom stereocenters. The van der Waals surface area contributed by atoms with Gasteiger partial charge in [-0.1, -0.05) is 0 Å². The van der Waals surface area contributed by atoms with Crippen LogP contribution in [0.1, 0.15) is 19.3 Å². The van der Waals surface area contributed by atoms with E-state index in [0.29, 0.717) is 0 Å². The van der Waals surface area contributed by atoms with Crippen molar-refractivity contribution in [3.8, 4) is 0 Å². The summed E-state index contributed by atoms with van der Waals surface area (Å²) in [5.74, 6) is -0.769. The van der Waals surface area contributed by atoms with E-state index in [2.05, 4.69) is 10.9 Å². The molecule has 4 nitrogen and oxygen atoms in total. The molecular weight excluding hydrogens is 132 g/mol. The van der Waals surface area contributed by atoms with E-state index in [1.165, 1.54) is 0 Å². The summed E-state index contributed by atoms with van der Waals surface area (Å²) in [6.45, 7) is 0.865. The van der Waals surface area contributed by atoms with Crippen LogP contribution in [0.3, 0.4) is 0 Å². The van der Waals surface area contributed by atoms with Crippen molar-refractivity contribution in [3.63, 3.8) is 0 Å². The molecule has 0 unspecified atom stereocenters. The van der Waals surface area contributed by atoms with Crippen LogP contribution in [0.25, 0.3) is 0 Å². The second-order valence-corrected chi connectivity index (χ2v) is 2.46. The van der Waals surface area contributed by atoms with Gasteiger partial charge in [-0.2, -0.15) is 0 Å². The third-order valence-corrected chi connectivity index (χ3v) is 1.62. The van der Waals surface area contributed by atoms with Crippen LogP contribution >= 0.6 is 0 Å². The van der Waals surface area contributed by atoms with E-state index in [4.69, 9.17) is 5.11 Å². The fourth-order valence-electron chi connectivity index (χ4n) is 1.01. The first-order valence-corrected chi connectivity index (χ1v) is 3.52. The first kappa shape index (κ1) is 7.50. The number of carboxylic acid groups (broad SMARTS) is 1. The molecule has 3 N–H and O–H groups in total. The molecule has 58 valence electrons. The SMILES string of the molecule is O=C(O)[C@H]1CCCCNN1. The Kier molecular flexibility index (Phi) is 2.65. The Bertz CT molecular complexity index is 119. The lowest BCUT2D eigenvalue weighted by atomic mass is 10.1. The molecule has 1 heterocycles. The summed E-state index contributed by atoms with van der Waals surface area (Å²) in [7, 11) is 0. The summed E-state index contributed by atoms with van der Waals surface area (Å²) < 4.78 is 0. The molecule has 1 saturated heterocycles. The molecule has 1 aliphatic rings. The normalized spacial score (nSPS) is 27.4. The van der Waals surface area contributed by atoms with Gasteiger partial charge < -0.3 is 5.11 Å². The first-order chi connectivity index (χ1) is 4.80. The van der Waals surface area contributed by atoms with E-state index in [9.17, 15) is 4.79 Å². The number of hydrogen-bond donors (Lipinski definition) is 3. The highest BCUT2D eigenvalue weighted by Gasteiger charge is 2.17. The second kappa shape index (κ2) is 3.53. The zero-order valence-electron chi connectivity index (χ0n) is 5.76. The van der Waals surface area contributed by atoms with Crippen LogP contribution in [0.4, 0.5) is 0 Å². The van der Waals surface area contributed by atoms with E-state index in [1.54, 1.807) is 0 Å². The topological polar surface area (TPSA) is 61.4 Å². The minimum Gasteiger partial charge on any atom is -0.480 e. The number of rotatable bonds is 1. The quantitative estimate of drug-likeness (QED) is 0.473. The Balaban J connectivity index is 2.35. The molecular formula is C6H12N2O2. The number of carboxylic acids is 1. The molecule has 1 aliphatic heterocycles. The average molecular weight is 144 g/mol. The Morgan fingerprint density at radius 1 is 1.50 bits per heavy atom. The molecule has 0 aliphatic carbocycles. The number of nitrogens with one attached hydrogen (secondary N) is 2. The van der Waals surface area contributed by atoms with Gasteiger partial charge in [0.25, 0.3) is 0 Å². The predicted molar refractivity (Wildman–Crippen MR) is 36.4 cm³/mol. The summed E-state index contributed by atoms with van der Waals surface area (Å²) in [6, 6.07) is -0.400. The van der Waals surface area contributed by atoms with Gasteiger partial charge in [0.15, 0.2) is 0 Å². The maximum atomic E-state index is 10.4. The van der Waals surface area contributed by atoms with Crippen LogP contribution < -0.4 is 10.9 Å². The van der Waals surface area contributed by atoms with Crippen molar-refractivity contribution in [2.24, 2.45) is 0 Å². The molecule has 0 radical (unpaired) electrons. The first-order valence-electron chi connectivity index (χ1n) is 3.52. The predicted octanol–water partition coefficient (Wildman–Crippen LogP) is -0.282. The number of carbonyl (C=O) groups is 1. The lowest BCUT2D eigenvalue weighted by molar-refractivity contribution is -0.139. The summed E-state index contributed by atoms with van der Waals surface area (Å²) in [4.78, 5) is 10.4. The van der Waals surface area contributed by atoms with E-state index in [-0.39, 0.29) is 0 Å². The highest BCUT2D eigenvalue weighted by Crippen LogP contribution is 2.02. The molecule has 0 aromatic rings. The highest BCUT2D eigenvalue weighted by molar-refractivity contribution is 5.73. The fraction of sp³-hybridized carbons (Fsp3) is 0.833. The van der Waals surface area contributed by atoms with E-state index < -0.39 is 12.0 Å². The molecule has 10 heavy (non-hydrogen) atoms. The number of aliphatic carboxylic acids is 1. The van der Waals surface area contributed by atoms with Gasteiger partial charge in [0.1, 0.15) is 6.04 Å². The van der Waals surface area contributed by atoms with Gasteiger partial charge in [-0.3, -0.25) is 10.2 Å². The van der Waals surface area contributed by atoms with Crippen molar-refractivity contribution in [1.82, 2.24) is 10.9 Å². The van der Waals surface area contributed by atoms with Crippen LogP contribution in [-0.4, -0.2) is 23.7 Å². The van der Waals surface area contributed by atoms with Gasteiger partial charge >= 0.3 is 5.97 Å². The number of hydrogen-bond acceptors (Lipinski definition) is 3. The van der Waals surface area contributed by atoms with Gasteiger partial charge in [0, 0.05) is 6.54 Å². The van der Waals surface area contributed by atoms with Crippen molar-refractivity contribution in [2.45, 2.75) is 25.3 Å². The van der Waals surface area contributed by atoms with Gasteiger partial charge in [-0.15, -0.1) is 0 Å². The van der Waals surface area contributed by atoms with Crippen LogP contribution in [0.5, 0.6) is 0 Å². The third-order valence-electron chi connectivity index (χ3n) is 1.62. The Morgan fingerprint density at radius 3 is 3.00 bits per heavy atom. The summed E-state index contributed by atoms with van der Waals surface area (Å²) in [6.07, 6.45) is 2.76. The summed E-state index contributed by atoms with van der Waals surface area (Å²) >= 11 is 0. The van der Waals surface area contributed by atoms with Gasteiger partial charge in [-0.05, 0) is 19.3 Å². The monoisotopic (exact) mass is 144 g/mol. The average Bonchev–Trinajstić information content (AvgIpc) is 2.12. The van der Waals surface area contributed by atoms with Crippen LogP contribution in [-0.2, 0) is 4.79 Å². The molecule has 0 spiro atoms. The standard InChI is InChI=1S/C6H12N2O2/c9-6(10)5-3-1-2-4-7-8-5/h5,7-8H,1-4H2,(H,9,10)/t5-/m1/s1. The lowest BCUT2D eigenvalue weighted by Crippen LogP contribution is -2.43. The molecule has 1 rings (SSSR count). The zero-order valence-corrected chi connectivity index (χ0v) is 5.76. The van der Waals surface area contributed by atoms with Crippen molar-refractivity contribution in [1.29, 1.82) is 0 Å². The highest BCUT2D eigenvalue weighted by atomic mass is 16.4. The van der Waals surface area contributed by atoms with Crippen molar-refractivity contribution in [2.75, 3.05) is 6.54 Å². The van der Waals surface area contributed by atoms with Crippen molar-refractivity contribution in [3.05, 3.63) is 0 Å². The maximum Gasteiger partial charge on any atom is 0.322 e. The van der Waals surface area contributed by atoms with Gasteiger partial charge in [0.05, 0.1) is 0 Å². The van der Waals surface area contributed by atoms with Gasteiger partial charge in [-0.25, -0.2) is 5.43 Å². The second-order valence-electron chi connectivity index (χ2n) is 2.46. The molecule has 0 saturated carbocycles. The minimum atomic E-state index is -0.769. The van der Waals surface area contributed by atoms with E-state index in [1.807, 2.05) is 0 Å². The summed E-state index contributed by atoms with van der Waals surface area (Å²) in [5, 5.41) is 8.56. The van der Waals surface area contributed by atoms with E-state index >= 15 is 0 Å². The third kappa shape index (κ3) is 1.97. The molecule has 1 fully saturated rings.